The predicted octanol–water partition coefficient (Wildman–Crippen LogP) is 4.45. The van der Waals surface area contributed by atoms with Gasteiger partial charge >= 0.3 is 0 Å². The van der Waals surface area contributed by atoms with E-state index in [1.54, 1.807) is 22.9 Å². The Labute approximate surface area is 89.1 Å². The number of hydrogen-bond acceptors (Lipinski definition) is 0. The van der Waals surface area contributed by atoms with Gasteiger partial charge < -0.3 is 0 Å². The molecule has 1 aliphatic heterocycles. The monoisotopic (exact) mass is 206 g/mol. The molecule has 0 radical (unpaired) electrons. The summed E-state index contributed by atoms with van der Waals surface area (Å²) in [6, 6.07) is 3.10. The van der Waals surface area contributed by atoms with Crippen LogP contribution in [-0.2, 0) is 0 Å². The molecule has 0 spiro atoms. The Bertz CT molecular complexity index is 269. The first kappa shape index (κ1) is 10.2. The summed E-state index contributed by atoms with van der Waals surface area (Å²) >= 11 is 0. The van der Waals surface area contributed by atoms with E-state index in [0.717, 1.165) is 0 Å². The molecular weight excluding hydrogens is 184 g/mol. The molecule has 0 atom stereocenters. The van der Waals surface area contributed by atoms with Gasteiger partial charge in [-0.25, -0.2) is 0 Å². The summed E-state index contributed by atoms with van der Waals surface area (Å²) in [4.78, 5) is 0. The fourth-order valence-corrected chi connectivity index (χ4v) is 5.71. The molecule has 0 unspecified atom stereocenters. The van der Waals surface area contributed by atoms with Gasteiger partial charge in [-0.05, 0) is 19.3 Å². The lowest BCUT2D eigenvalue weighted by Gasteiger charge is -2.37. The highest BCUT2D eigenvalue weighted by atomic mass is 28.3. The molecule has 1 saturated heterocycles. The van der Waals surface area contributed by atoms with Crippen LogP contribution < -0.4 is 0 Å². The van der Waals surface area contributed by atoms with Crippen LogP contribution in [0.25, 0.3) is 0 Å². The Kier molecular flexibility index (Phi) is 2.96. The second kappa shape index (κ2) is 4.06. The molecule has 0 saturated carbocycles. The smallest absolute Gasteiger partial charge is 0.0812 e. The molecule has 0 aromatic heterocycles. The maximum atomic E-state index is 2.57. The van der Waals surface area contributed by atoms with Crippen molar-refractivity contribution in [2.24, 2.45) is 0 Å². The van der Waals surface area contributed by atoms with Crippen molar-refractivity contribution < 1.29 is 0 Å². The number of rotatable bonds is 4. The molecule has 0 amide bonds. The van der Waals surface area contributed by atoms with E-state index in [1.165, 1.54) is 32.1 Å². The highest BCUT2D eigenvalue weighted by molar-refractivity contribution is 6.88. The van der Waals surface area contributed by atoms with Crippen LogP contribution in [0.2, 0.25) is 18.6 Å². The van der Waals surface area contributed by atoms with Gasteiger partial charge in [0.25, 0.3) is 0 Å². The van der Waals surface area contributed by atoms with Crippen molar-refractivity contribution in [1.29, 1.82) is 0 Å². The second-order valence-corrected chi connectivity index (χ2v) is 9.88. The molecule has 14 heavy (non-hydrogen) atoms. The summed E-state index contributed by atoms with van der Waals surface area (Å²) in [6.07, 6.45) is 11.9. The van der Waals surface area contributed by atoms with E-state index < -0.39 is 8.07 Å². The molecule has 1 heterocycles. The van der Waals surface area contributed by atoms with Gasteiger partial charge in [0.2, 0.25) is 0 Å². The van der Waals surface area contributed by atoms with E-state index in [1.807, 2.05) is 0 Å². The molecule has 2 aliphatic rings. The van der Waals surface area contributed by atoms with Gasteiger partial charge in [-0.2, -0.15) is 0 Å². The lowest BCUT2D eigenvalue weighted by molar-refractivity contribution is 0.779. The van der Waals surface area contributed by atoms with Crippen molar-refractivity contribution >= 4 is 8.07 Å². The van der Waals surface area contributed by atoms with E-state index in [9.17, 15) is 0 Å². The summed E-state index contributed by atoms with van der Waals surface area (Å²) < 4.78 is 0. The zero-order chi connectivity index (χ0) is 10.0. The minimum Gasteiger partial charge on any atom is -0.0812 e. The zero-order valence-corrected chi connectivity index (χ0v) is 10.6. The van der Waals surface area contributed by atoms with Crippen molar-refractivity contribution in [3.8, 4) is 0 Å². The van der Waals surface area contributed by atoms with E-state index in [4.69, 9.17) is 0 Å². The molecule has 2 rings (SSSR count). The van der Waals surface area contributed by atoms with Crippen LogP contribution in [0.15, 0.2) is 22.9 Å². The Morgan fingerprint density at radius 2 is 2.14 bits per heavy atom. The molecule has 0 aromatic carbocycles. The van der Waals surface area contributed by atoms with Crippen LogP contribution in [0.3, 0.4) is 0 Å². The summed E-state index contributed by atoms with van der Waals surface area (Å²) in [7, 11) is -0.860. The van der Waals surface area contributed by atoms with Gasteiger partial charge in [0.15, 0.2) is 0 Å². The highest BCUT2D eigenvalue weighted by Crippen LogP contribution is 2.41. The van der Waals surface area contributed by atoms with Gasteiger partial charge in [-0.15, -0.1) is 0 Å². The van der Waals surface area contributed by atoms with Crippen LogP contribution in [0, 0.1) is 0 Å². The van der Waals surface area contributed by atoms with Crippen molar-refractivity contribution in [3.05, 3.63) is 22.9 Å². The van der Waals surface area contributed by atoms with Crippen LogP contribution in [0.1, 0.15) is 39.0 Å². The third kappa shape index (κ3) is 1.88. The summed E-state index contributed by atoms with van der Waals surface area (Å²) in [5.41, 5.74) is 1.71. The molecule has 0 aromatic rings. The fourth-order valence-electron chi connectivity index (χ4n) is 2.57. The number of hydrogen-bond donors (Lipinski definition) is 0. The van der Waals surface area contributed by atoms with E-state index >= 15 is 0 Å². The first-order valence-corrected chi connectivity index (χ1v) is 9.06. The molecular formula is C13H22Si. The maximum absolute atomic E-state index is 2.57. The molecule has 1 fully saturated rings. The van der Waals surface area contributed by atoms with Gasteiger partial charge in [-0.1, -0.05) is 61.3 Å². The van der Waals surface area contributed by atoms with Crippen molar-refractivity contribution in [1.82, 2.24) is 0 Å². The van der Waals surface area contributed by atoms with Crippen LogP contribution >= 0.6 is 0 Å². The van der Waals surface area contributed by atoms with Crippen LogP contribution in [-0.4, -0.2) is 8.07 Å². The van der Waals surface area contributed by atoms with Crippen molar-refractivity contribution in [2.75, 3.05) is 0 Å². The Morgan fingerprint density at radius 1 is 1.36 bits per heavy atom. The lowest BCUT2D eigenvalue weighted by Crippen LogP contribution is -2.39. The molecule has 1 aliphatic carbocycles. The number of unbranched alkanes of at least 4 members (excludes halogenated alkanes) is 1. The Balaban J connectivity index is 1.93. The quantitative estimate of drug-likeness (QED) is 0.596. The maximum Gasteiger partial charge on any atom is 0.0832 e. The van der Waals surface area contributed by atoms with E-state index in [-0.39, 0.29) is 0 Å². The largest absolute Gasteiger partial charge is 0.0832 e. The predicted molar refractivity (Wildman–Crippen MR) is 66.2 cm³/mol. The third-order valence-electron chi connectivity index (χ3n) is 3.95. The SMILES string of the molecule is CCCCC1=CC([Si]2(C)CCC2)=CC1. The standard InChI is InChI=1S/C13H22Si/c1-3-4-6-12-7-8-13(11-12)14(2)9-5-10-14/h8,11H,3-7,9-10H2,1-2H3. The average Bonchev–Trinajstić information content (AvgIpc) is 2.59. The zero-order valence-electron chi connectivity index (χ0n) is 9.60. The van der Waals surface area contributed by atoms with Gasteiger partial charge in [-0.3, -0.25) is 0 Å². The minimum atomic E-state index is -0.860. The first-order valence-electron chi connectivity index (χ1n) is 6.15. The van der Waals surface area contributed by atoms with Gasteiger partial charge in [0, 0.05) is 0 Å². The molecule has 0 N–H and O–H groups in total. The minimum absolute atomic E-state index is 0.860. The average molecular weight is 206 g/mol. The third-order valence-corrected chi connectivity index (χ3v) is 8.61. The topological polar surface area (TPSA) is 0 Å². The first-order chi connectivity index (χ1) is 6.74. The van der Waals surface area contributed by atoms with E-state index in [0.29, 0.717) is 0 Å². The van der Waals surface area contributed by atoms with Crippen molar-refractivity contribution in [3.63, 3.8) is 0 Å². The fraction of sp³-hybridized carbons (Fsp3) is 0.692. The highest BCUT2D eigenvalue weighted by Gasteiger charge is 2.37. The van der Waals surface area contributed by atoms with Gasteiger partial charge in [0.1, 0.15) is 0 Å². The molecule has 1 heteroatoms. The summed E-state index contributed by atoms with van der Waals surface area (Å²) in [6.45, 7) is 4.85. The molecule has 0 nitrogen and oxygen atoms in total. The number of allylic oxidation sites excluding steroid dienone is 4. The molecule has 78 valence electrons. The normalized spacial score (nSPS) is 24.1. The Morgan fingerprint density at radius 3 is 2.71 bits per heavy atom. The van der Waals surface area contributed by atoms with Crippen LogP contribution in [0.4, 0.5) is 0 Å². The van der Waals surface area contributed by atoms with Crippen LogP contribution in [0.5, 0.6) is 0 Å². The van der Waals surface area contributed by atoms with E-state index in [2.05, 4.69) is 25.6 Å². The lowest BCUT2D eigenvalue weighted by atomic mass is 10.1. The summed E-state index contributed by atoms with van der Waals surface area (Å²) in [5.74, 6) is 0. The van der Waals surface area contributed by atoms with Gasteiger partial charge in [0.05, 0.1) is 8.07 Å². The molecule has 0 bridgehead atoms. The van der Waals surface area contributed by atoms with Crippen molar-refractivity contribution in [2.45, 2.75) is 57.7 Å². The summed E-state index contributed by atoms with van der Waals surface area (Å²) in [5, 5.41) is 1.79. The Hall–Kier alpha value is -0.303. The second-order valence-electron chi connectivity index (χ2n) is 5.18.